The van der Waals surface area contributed by atoms with E-state index in [1.54, 1.807) is 6.08 Å². The van der Waals surface area contributed by atoms with Gasteiger partial charge in [-0.2, -0.15) is 0 Å². The Labute approximate surface area is 386 Å². The molecule has 0 aliphatic rings. The van der Waals surface area contributed by atoms with Crippen LogP contribution in [0.25, 0.3) is 0 Å². The topological polar surface area (TPSA) is 129 Å². The molecule has 0 aliphatic heterocycles. The number of phosphoric ester groups is 1. The van der Waals surface area contributed by atoms with E-state index >= 15 is 0 Å². The number of quaternary nitrogens is 1. The van der Waals surface area contributed by atoms with Crippen LogP contribution in [-0.4, -0.2) is 86.1 Å². The van der Waals surface area contributed by atoms with Gasteiger partial charge in [-0.3, -0.25) is 18.6 Å². The summed E-state index contributed by atoms with van der Waals surface area (Å²) in [6, 6.07) is 0. The highest BCUT2D eigenvalue weighted by Crippen LogP contribution is 2.43. The fraction of sp³-hybridized carbons (Fsp3) is 0.769. The molecule has 1 unspecified atom stereocenters. The van der Waals surface area contributed by atoms with Gasteiger partial charge in [-0.05, 0) is 44.9 Å². The van der Waals surface area contributed by atoms with E-state index in [2.05, 4.69) is 37.3 Å². The first kappa shape index (κ1) is 60.7. The summed E-state index contributed by atoms with van der Waals surface area (Å²) in [6.45, 7) is 4.03. The monoisotopic (exact) mass is 909 g/mol. The number of unbranched alkanes of at least 4 members (excludes halogenated alkanes) is 21. The van der Waals surface area contributed by atoms with Gasteiger partial charge in [-0.15, -0.1) is 0 Å². The molecule has 0 spiro atoms. The Bertz CT molecular complexity index is 1270. The number of carbonyl (C=O) groups is 2. The van der Waals surface area contributed by atoms with Crippen molar-refractivity contribution >= 4 is 19.8 Å². The largest absolute Gasteiger partial charge is 0.472 e. The third-order valence-electron chi connectivity index (χ3n) is 10.7. The number of hydrogen-bond donors (Lipinski definition) is 2. The lowest BCUT2D eigenvalue weighted by atomic mass is 10.0. The molecule has 11 heteroatoms. The van der Waals surface area contributed by atoms with Gasteiger partial charge in [0.05, 0.1) is 33.9 Å². The van der Waals surface area contributed by atoms with Crippen molar-refractivity contribution in [2.45, 2.75) is 212 Å². The normalized spacial score (nSPS) is 14.5. The summed E-state index contributed by atoms with van der Waals surface area (Å²) in [4.78, 5) is 35.5. The second kappa shape index (κ2) is 43.6. The minimum absolute atomic E-state index is 0.0133. The zero-order valence-electron chi connectivity index (χ0n) is 40.9. The lowest BCUT2D eigenvalue weighted by Gasteiger charge is -2.24. The molecular formula is C52H95NO9P+. The number of esters is 2. The van der Waals surface area contributed by atoms with Crippen LogP contribution in [0.4, 0.5) is 0 Å². The van der Waals surface area contributed by atoms with Gasteiger partial charge in [0.15, 0.2) is 6.10 Å². The predicted octanol–water partition coefficient (Wildman–Crippen LogP) is 13.8. The molecule has 2 N–H and O–H groups in total. The molecule has 366 valence electrons. The van der Waals surface area contributed by atoms with Crippen LogP contribution in [0, 0.1) is 0 Å². The van der Waals surface area contributed by atoms with Crippen LogP contribution < -0.4 is 0 Å². The number of phosphoric acid groups is 1. The van der Waals surface area contributed by atoms with Crippen molar-refractivity contribution in [1.29, 1.82) is 0 Å². The van der Waals surface area contributed by atoms with Crippen LogP contribution in [-0.2, 0) is 32.7 Å². The lowest BCUT2D eigenvalue weighted by Crippen LogP contribution is -2.37. The Morgan fingerprint density at radius 1 is 0.571 bits per heavy atom. The second-order valence-corrected chi connectivity index (χ2v) is 19.5. The van der Waals surface area contributed by atoms with Crippen LogP contribution in [0.2, 0.25) is 0 Å². The average molecular weight is 909 g/mol. The molecule has 0 saturated heterocycles. The highest BCUT2D eigenvalue weighted by Gasteiger charge is 2.27. The first-order valence-electron chi connectivity index (χ1n) is 25.1. The van der Waals surface area contributed by atoms with Gasteiger partial charge in [-0.25, -0.2) is 4.57 Å². The summed E-state index contributed by atoms with van der Waals surface area (Å²) in [5.74, 6) is -0.882. The summed E-state index contributed by atoms with van der Waals surface area (Å²) in [5.41, 5.74) is 0. The lowest BCUT2D eigenvalue weighted by molar-refractivity contribution is -0.870. The standard InChI is InChI=1S/C52H94NO9P/c1-6-8-9-10-11-12-13-14-15-16-17-18-19-20-21-25-28-31-34-37-40-43-51(55)59-47-50(48-61-63(57,58)60-46-45-53(3,4)5)62-52(56)44-41-38-35-32-29-26-23-22-24-27-30-33-36-39-42-49(54)7-2/h23-24,26-27,32-33,35-36,39,42,49-50,54H,6-22,25,28-31,34,37-38,40-41,43-48H2,1-5H3/p+1/b26-23-,27-24-,35-32-,36-33-,42-39+/t49-,50-/m1/s1. The van der Waals surface area contributed by atoms with E-state index in [4.69, 9.17) is 18.5 Å². The molecule has 0 rings (SSSR count). The summed E-state index contributed by atoms with van der Waals surface area (Å²) < 4.78 is 34.3. The molecule has 0 aromatic heterocycles. The van der Waals surface area contributed by atoms with Gasteiger partial charge in [-0.1, -0.05) is 203 Å². The molecule has 0 heterocycles. The second-order valence-electron chi connectivity index (χ2n) is 18.0. The van der Waals surface area contributed by atoms with Gasteiger partial charge in [0, 0.05) is 12.8 Å². The third-order valence-corrected chi connectivity index (χ3v) is 11.7. The number of hydrogen-bond acceptors (Lipinski definition) is 8. The Balaban J connectivity index is 4.33. The van der Waals surface area contributed by atoms with Gasteiger partial charge < -0.3 is 24.0 Å². The van der Waals surface area contributed by atoms with Crippen LogP contribution >= 0.6 is 7.82 Å². The number of nitrogens with zero attached hydrogens (tertiary/aromatic N) is 1. The molecule has 63 heavy (non-hydrogen) atoms. The first-order chi connectivity index (χ1) is 30.4. The molecule has 0 aromatic rings. The number of likely N-dealkylation sites (N-methyl/N-ethyl adjacent to an activating group) is 1. The highest BCUT2D eigenvalue weighted by molar-refractivity contribution is 7.47. The number of carbonyl (C=O) groups excluding carboxylic acids is 2. The van der Waals surface area contributed by atoms with Crippen molar-refractivity contribution in [3.8, 4) is 0 Å². The molecule has 3 atom stereocenters. The Kier molecular flexibility index (Phi) is 41.9. The molecule has 10 nitrogen and oxygen atoms in total. The SMILES string of the molecule is CCCCCCCCCCCCCCCCCCCCCCCC(=O)OC[C@H](COP(=O)(O)OCC[N+](C)(C)C)OC(=O)CCC/C=C\C/C=C\C/C=C\C/C=C\C=C\[C@H](O)CC. The maximum absolute atomic E-state index is 12.7. The maximum Gasteiger partial charge on any atom is 0.472 e. The number of aliphatic hydroxyl groups excluding tert-OH is 1. The Morgan fingerprint density at radius 2 is 1.03 bits per heavy atom. The maximum atomic E-state index is 12.7. The van der Waals surface area contributed by atoms with Crippen LogP contribution in [0.1, 0.15) is 200 Å². The van der Waals surface area contributed by atoms with Crippen molar-refractivity contribution in [3.63, 3.8) is 0 Å². The van der Waals surface area contributed by atoms with Gasteiger partial charge in [0.1, 0.15) is 19.8 Å². The van der Waals surface area contributed by atoms with E-state index in [1.807, 2.05) is 52.4 Å². The van der Waals surface area contributed by atoms with Crippen LogP contribution in [0.5, 0.6) is 0 Å². The fourth-order valence-electron chi connectivity index (χ4n) is 6.65. The van der Waals surface area contributed by atoms with Gasteiger partial charge >= 0.3 is 19.8 Å². The summed E-state index contributed by atoms with van der Waals surface area (Å²) in [5, 5.41) is 9.50. The van der Waals surface area contributed by atoms with E-state index in [-0.39, 0.29) is 38.1 Å². The van der Waals surface area contributed by atoms with Crippen molar-refractivity contribution < 1.29 is 47.2 Å². The van der Waals surface area contributed by atoms with E-state index < -0.39 is 26.5 Å². The Morgan fingerprint density at radius 3 is 1.52 bits per heavy atom. The smallest absolute Gasteiger partial charge is 0.462 e. The number of ether oxygens (including phenoxy) is 2. The van der Waals surface area contributed by atoms with Crippen LogP contribution in [0.3, 0.4) is 0 Å². The van der Waals surface area contributed by atoms with E-state index in [0.29, 0.717) is 30.3 Å². The molecule has 0 fully saturated rings. The molecule has 0 amide bonds. The zero-order valence-corrected chi connectivity index (χ0v) is 41.8. The fourth-order valence-corrected chi connectivity index (χ4v) is 7.39. The third kappa shape index (κ3) is 47.5. The molecule has 0 aromatic carbocycles. The van der Waals surface area contributed by atoms with E-state index in [1.165, 1.54) is 116 Å². The Hall–Kier alpha value is -2.33. The molecule has 0 radical (unpaired) electrons. The average Bonchev–Trinajstić information content (AvgIpc) is 3.24. The highest BCUT2D eigenvalue weighted by atomic mass is 31.2. The quantitative estimate of drug-likeness (QED) is 0.0153. The number of allylic oxidation sites excluding steroid dienone is 9. The van der Waals surface area contributed by atoms with Crippen molar-refractivity contribution in [2.24, 2.45) is 0 Å². The molecule has 0 bridgehead atoms. The van der Waals surface area contributed by atoms with Crippen LogP contribution in [0.15, 0.2) is 60.8 Å². The first-order valence-corrected chi connectivity index (χ1v) is 26.6. The predicted molar refractivity (Wildman–Crippen MR) is 262 cm³/mol. The summed E-state index contributed by atoms with van der Waals surface area (Å²) in [6.07, 6.45) is 50.9. The minimum atomic E-state index is -4.40. The molecule has 0 saturated carbocycles. The van der Waals surface area contributed by atoms with Crippen molar-refractivity contribution in [3.05, 3.63) is 60.8 Å². The van der Waals surface area contributed by atoms with Gasteiger partial charge in [0.25, 0.3) is 0 Å². The summed E-state index contributed by atoms with van der Waals surface area (Å²) in [7, 11) is 1.42. The summed E-state index contributed by atoms with van der Waals surface area (Å²) >= 11 is 0. The van der Waals surface area contributed by atoms with E-state index in [9.17, 15) is 24.2 Å². The van der Waals surface area contributed by atoms with Crippen molar-refractivity contribution in [2.75, 3.05) is 47.5 Å². The van der Waals surface area contributed by atoms with Crippen molar-refractivity contribution in [1.82, 2.24) is 0 Å². The number of rotatable bonds is 45. The zero-order chi connectivity index (χ0) is 46.5. The molecular weight excluding hydrogens is 814 g/mol. The van der Waals surface area contributed by atoms with Gasteiger partial charge in [0.2, 0.25) is 0 Å². The molecule has 0 aliphatic carbocycles. The number of aliphatic hydroxyl groups is 1. The van der Waals surface area contributed by atoms with E-state index in [0.717, 1.165) is 38.5 Å². The minimum Gasteiger partial charge on any atom is -0.462 e.